The van der Waals surface area contributed by atoms with Crippen molar-refractivity contribution in [3.8, 4) is 28.1 Å². The fourth-order valence-electron chi connectivity index (χ4n) is 3.53. The summed E-state index contributed by atoms with van der Waals surface area (Å²) in [4.78, 5) is 4.48. The lowest BCUT2D eigenvalue weighted by atomic mass is 10.0. The molecule has 3 aromatic rings. The minimum absolute atomic E-state index is 0.221. The molecule has 0 N–H and O–H groups in total. The van der Waals surface area contributed by atoms with Crippen LogP contribution in [0.15, 0.2) is 60.8 Å². The number of hydrogen-bond acceptors (Lipinski definition) is 2. The Kier molecular flexibility index (Phi) is 8.43. The van der Waals surface area contributed by atoms with E-state index in [2.05, 4.69) is 11.9 Å². The number of pyridine rings is 1. The van der Waals surface area contributed by atoms with E-state index in [1.807, 2.05) is 55.5 Å². The molecular formula is C27H32FNO. The van der Waals surface area contributed by atoms with Gasteiger partial charge in [0, 0.05) is 17.3 Å². The summed E-state index contributed by atoms with van der Waals surface area (Å²) in [6.07, 6.45) is 10.2. The lowest BCUT2D eigenvalue weighted by molar-refractivity contribution is 0.304. The van der Waals surface area contributed by atoms with E-state index in [1.165, 1.54) is 32.1 Å². The van der Waals surface area contributed by atoms with Crippen LogP contribution in [0, 0.1) is 5.82 Å². The van der Waals surface area contributed by atoms with E-state index >= 15 is 0 Å². The Balaban J connectivity index is 1.55. The third kappa shape index (κ3) is 6.16. The molecule has 2 aromatic carbocycles. The summed E-state index contributed by atoms with van der Waals surface area (Å²) in [7, 11) is 0. The Morgan fingerprint density at radius 2 is 1.53 bits per heavy atom. The summed E-state index contributed by atoms with van der Waals surface area (Å²) in [5.74, 6) is 0.677. The van der Waals surface area contributed by atoms with Crippen molar-refractivity contribution in [2.75, 3.05) is 6.61 Å². The van der Waals surface area contributed by atoms with Crippen molar-refractivity contribution in [3.05, 3.63) is 72.2 Å². The Morgan fingerprint density at radius 1 is 0.800 bits per heavy atom. The summed E-state index contributed by atoms with van der Waals surface area (Å²) in [5, 5.41) is 0. The minimum atomic E-state index is -0.221. The Labute approximate surface area is 180 Å². The van der Waals surface area contributed by atoms with E-state index in [4.69, 9.17) is 4.74 Å². The minimum Gasteiger partial charge on any atom is -0.494 e. The molecular weight excluding hydrogens is 373 g/mol. The molecule has 3 heteroatoms. The zero-order valence-corrected chi connectivity index (χ0v) is 18.2. The number of benzene rings is 2. The summed E-state index contributed by atoms with van der Waals surface area (Å²) in [5.41, 5.74) is 4.26. The quantitative estimate of drug-likeness (QED) is 0.303. The highest BCUT2D eigenvalue weighted by molar-refractivity contribution is 5.67. The Bertz CT molecular complexity index is 903. The molecule has 0 bridgehead atoms. The SMILES string of the molecule is CCCCCCCCOc1ccc(-c2ccc(-c3ccc(CC)cc3F)nc2)cc1. The lowest BCUT2D eigenvalue weighted by Crippen LogP contribution is -1.97. The van der Waals surface area contributed by atoms with Gasteiger partial charge in [-0.2, -0.15) is 0 Å². The summed E-state index contributed by atoms with van der Waals surface area (Å²) >= 11 is 0. The number of nitrogens with zero attached hydrogens (tertiary/aromatic N) is 1. The second-order valence-electron chi connectivity index (χ2n) is 7.74. The molecule has 0 aliphatic carbocycles. The maximum Gasteiger partial charge on any atom is 0.132 e. The predicted molar refractivity (Wildman–Crippen MR) is 123 cm³/mol. The average Bonchev–Trinajstić information content (AvgIpc) is 2.79. The van der Waals surface area contributed by atoms with Crippen LogP contribution in [0.25, 0.3) is 22.4 Å². The van der Waals surface area contributed by atoms with Crippen LogP contribution in [-0.2, 0) is 6.42 Å². The van der Waals surface area contributed by atoms with Crippen molar-refractivity contribution in [1.29, 1.82) is 0 Å². The third-order valence-electron chi connectivity index (χ3n) is 5.44. The molecule has 1 heterocycles. The Hall–Kier alpha value is -2.68. The second-order valence-corrected chi connectivity index (χ2v) is 7.74. The maximum atomic E-state index is 14.3. The number of rotatable bonds is 11. The van der Waals surface area contributed by atoms with Gasteiger partial charge in [0.1, 0.15) is 11.6 Å². The van der Waals surface area contributed by atoms with E-state index in [1.54, 1.807) is 12.3 Å². The largest absolute Gasteiger partial charge is 0.494 e. The first kappa shape index (κ1) is 22.0. The fraction of sp³-hybridized carbons (Fsp3) is 0.370. The molecule has 30 heavy (non-hydrogen) atoms. The van der Waals surface area contributed by atoms with Crippen molar-refractivity contribution in [1.82, 2.24) is 4.98 Å². The molecule has 0 amide bonds. The van der Waals surface area contributed by atoms with Crippen LogP contribution in [0.2, 0.25) is 0 Å². The number of ether oxygens (including phenoxy) is 1. The van der Waals surface area contributed by atoms with Gasteiger partial charge in [-0.1, -0.05) is 70.2 Å². The molecule has 0 saturated carbocycles. The number of halogens is 1. The van der Waals surface area contributed by atoms with Gasteiger partial charge in [-0.25, -0.2) is 4.39 Å². The van der Waals surface area contributed by atoms with Crippen LogP contribution in [0.5, 0.6) is 5.75 Å². The topological polar surface area (TPSA) is 22.1 Å². The number of hydrogen-bond donors (Lipinski definition) is 0. The highest BCUT2D eigenvalue weighted by Gasteiger charge is 2.08. The van der Waals surface area contributed by atoms with Crippen LogP contribution in [-0.4, -0.2) is 11.6 Å². The summed E-state index contributed by atoms with van der Waals surface area (Å²) in [6.45, 7) is 5.03. The monoisotopic (exact) mass is 405 g/mol. The van der Waals surface area contributed by atoms with Gasteiger partial charge < -0.3 is 4.74 Å². The molecule has 0 radical (unpaired) electrons. The van der Waals surface area contributed by atoms with E-state index in [0.717, 1.165) is 41.9 Å². The van der Waals surface area contributed by atoms with Gasteiger partial charge in [-0.3, -0.25) is 4.98 Å². The molecule has 0 saturated heterocycles. The van der Waals surface area contributed by atoms with Crippen molar-refractivity contribution in [3.63, 3.8) is 0 Å². The molecule has 0 unspecified atom stereocenters. The normalized spacial score (nSPS) is 10.9. The van der Waals surface area contributed by atoms with Crippen molar-refractivity contribution in [2.45, 2.75) is 58.8 Å². The molecule has 158 valence electrons. The molecule has 0 atom stereocenters. The molecule has 1 aromatic heterocycles. The van der Waals surface area contributed by atoms with Crippen molar-refractivity contribution in [2.24, 2.45) is 0 Å². The summed E-state index contributed by atoms with van der Waals surface area (Å²) < 4.78 is 20.2. The Morgan fingerprint density at radius 3 is 2.20 bits per heavy atom. The van der Waals surface area contributed by atoms with Crippen LogP contribution in [0.1, 0.15) is 57.9 Å². The first-order valence-electron chi connectivity index (χ1n) is 11.2. The van der Waals surface area contributed by atoms with Crippen LogP contribution in [0.4, 0.5) is 4.39 Å². The highest BCUT2D eigenvalue weighted by atomic mass is 19.1. The summed E-state index contributed by atoms with van der Waals surface area (Å²) in [6, 6.07) is 17.3. The molecule has 0 aliphatic heterocycles. The average molecular weight is 406 g/mol. The van der Waals surface area contributed by atoms with Crippen molar-refractivity contribution >= 4 is 0 Å². The van der Waals surface area contributed by atoms with Crippen LogP contribution < -0.4 is 4.74 Å². The van der Waals surface area contributed by atoms with Gasteiger partial charge in [0.15, 0.2) is 0 Å². The van der Waals surface area contributed by atoms with Gasteiger partial charge in [0.2, 0.25) is 0 Å². The van der Waals surface area contributed by atoms with Gasteiger partial charge >= 0.3 is 0 Å². The van der Waals surface area contributed by atoms with E-state index < -0.39 is 0 Å². The van der Waals surface area contributed by atoms with Gasteiger partial charge in [-0.05, 0) is 54.3 Å². The zero-order valence-electron chi connectivity index (χ0n) is 18.2. The van der Waals surface area contributed by atoms with E-state index in [0.29, 0.717) is 11.3 Å². The molecule has 0 aliphatic rings. The molecule has 0 spiro atoms. The lowest BCUT2D eigenvalue weighted by Gasteiger charge is -2.09. The second kappa shape index (κ2) is 11.5. The smallest absolute Gasteiger partial charge is 0.132 e. The van der Waals surface area contributed by atoms with Gasteiger partial charge in [0.25, 0.3) is 0 Å². The standard InChI is InChI=1S/C27H32FNO/c1-3-5-6-7-8-9-18-30-24-14-11-22(12-15-24)23-13-17-27(29-20-23)25-16-10-21(4-2)19-26(25)28/h10-17,19-20H,3-9,18H2,1-2H3. The molecule has 0 fully saturated rings. The van der Waals surface area contributed by atoms with E-state index in [9.17, 15) is 4.39 Å². The van der Waals surface area contributed by atoms with Gasteiger partial charge in [-0.15, -0.1) is 0 Å². The third-order valence-corrected chi connectivity index (χ3v) is 5.44. The maximum absolute atomic E-state index is 14.3. The van der Waals surface area contributed by atoms with Gasteiger partial charge in [0.05, 0.1) is 12.3 Å². The van der Waals surface area contributed by atoms with Crippen LogP contribution >= 0.6 is 0 Å². The predicted octanol–water partition coefficient (Wildman–Crippen LogP) is 7.86. The number of aromatic nitrogens is 1. The first-order valence-corrected chi connectivity index (χ1v) is 11.2. The molecule has 2 nitrogen and oxygen atoms in total. The van der Waals surface area contributed by atoms with Crippen LogP contribution in [0.3, 0.4) is 0 Å². The van der Waals surface area contributed by atoms with E-state index in [-0.39, 0.29) is 5.82 Å². The molecule has 3 rings (SSSR count). The highest BCUT2D eigenvalue weighted by Crippen LogP contribution is 2.26. The number of aryl methyl sites for hydroxylation is 1. The number of unbranched alkanes of at least 4 members (excludes halogenated alkanes) is 5. The zero-order chi connectivity index (χ0) is 21.2. The first-order chi connectivity index (χ1) is 14.7. The van der Waals surface area contributed by atoms with Crippen molar-refractivity contribution < 1.29 is 9.13 Å². The fourth-order valence-corrected chi connectivity index (χ4v) is 3.53.